The van der Waals surface area contributed by atoms with E-state index in [1.807, 2.05) is 4.90 Å². The molecule has 0 radical (unpaired) electrons. The Kier molecular flexibility index (Phi) is 6.45. The summed E-state index contributed by atoms with van der Waals surface area (Å²) in [6, 6.07) is 0. The molecule has 1 heterocycles. The first-order valence-electron chi connectivity index (χ1n) is 9.08. The third kappa shape index (κ3) is 5.20. The van der Waals surface area contributed by atoms with Crippen LogP contribution in [0.2, 0.25) is 0 Å². The van der Waals surface area contributed by atoms with E-state index in [1.54, 1.807) is 0 Å². The van der Waals surface area contributed by atoms with Crippen LogP contribution in [0.5, 0.6) is 0 Å². The van der Waals surface area contributed by atoms with Gasteiger partial charge in [0.25, 0.3) is 0 Å². The van der Waals surface area contributed by atoms with E-state index in [0.29, 0.717) is 24.3 Å². The van der Waals surface area contributed by atoms with Crippen LogP contribution in [0.25, 0.3) is 0 Å². The van der Waals surface area contributed by atoms with Crippen LogP contribution in [0.3, 0.4) is 0 Å². The fourth-order valence-electron chi connectivity index (χ4n) is 4.07. The molecule has 5 nitrogen and oxygen atoms in total. The van der Waals surface area contributed by atoms with Crippen LogP contribution in [-0.4, -0.2) is 42.5 Å². The highest BCUT2D eigenvalue weighted by atomic mass is 16.5. The number of primary amides is 1. The second-order valence-corrected chi connectivity index (χ2v) is 7.83. The molecule has 2 fully saturated rings. The van der Waals surface area contributed by atoms with Gasteiger partial charge in [-0.15, -0.1) is 0 Å². The zero-order chi connectivity index (χ0) is 17.0. The molecule has 2 rings (SSSR count). The molecule has 2 aliphatic rings. The summed E-state index contributed by atoms with van der Waals surface area (Å²) < 4.78 is 5.84. The molecule has 0 unspecified atom stereocenters. The lowest BCUT2D eigenvalue weighted by atomic mass is 9.75. The zero-order valence-corrected chi connectivity index (χ0v) is 14.8. The van der Waals surface area contributed by atoms with Crippen molar-refractivity contribution in [1.82, 2.24) is 4.90 Å². The van der Waals surface area contributed by atoms with Gasteiger partial charge in [0.05, 0.1) is 12.5 Å². The molecule has 1 saturated heterocycles. The van der Waals surface area contributed by atoms with Crippen molar-refractivity contribution < 1.29 is 14.3 Å². The van der Waals surface area contributed by atoms with Crippen molar-refractivity contribution in [3.63, 3.8) is 0 Å². The van der Waals surface area contributed by atoms with Crippen LogP contribution >= 0.6 is 0 Å². The highest BCUT2D eigenvalue weighted by molar-refractivity contribution is 5.77. The molecule has 5 heteroatoms. The lowest BCUT2D eigenvalue weighted by Crippen LogP contribution is -2.45. The quantitative estimate of drug-likeness (QED) is 0.787. The number of hydrogen-bond donors (Lipinski definition) is 1. The van der Waals surface area contributed by atoms with Crippen molar-refractivity contribution in [2.45, 2.75) is 59.0 Å². The molecule has 23 heavy (non-hydrogen) atoms. The van der Waals surface area contributed by atoms with E-state index in [0.717, 1.165) is 32.2 Å². The highest BCUT2D eigenvalue weighted by Crippen LogP contribution is 2.35. The van der Waals surface area contributed by atoms with Crippen LogP contribution < -0.4 is 5.73 Å². The van der Waals surface area contributed by atoms with Gasteiger partial charge in [-0.1, -0.05) is 27.2 Å². The minimum absolute atomic E-state index is 0.0444. The van der Waals surface area contributed by atoms with Crippen LogP contribution in [-0.2, 0) is 14.3 Å². The third-order valence-corrected chi connectivity index (χ3v) is 5.50. The minimum atomic E-state index is -0.260. The normalized spacial score (nSPS) is 32.7. The molecule has 0 spiro atoms. The van der Waals surface area contributed by atoms with Crippen LogP contribution in [0, 0.1) is 23.7 Å². The smallest absolute Gasteiger partial charge is 0.320 e. The van der Waals surface area contributed by atoms with Gasteiger partial charge in [-0.3, -0.25) is 14.5 Å². The van der Waals surface area contributed by atoms with E-state index in [4.69, 9.17) is 10.5 Å². The lowest BCUT2D eigenvalue weighted by molar-refractivity contribution is -0.158. The molecule has 0 aromatic carbocycles. The van der Waals surface area contributed by atoms with Crippen molar-refractivity contribution in [2.75, 3.05) is 19.6 Å². The number of rotatable bonds is 5. The molecule has 0 aromatic heterocycles. The van der Waals surface area contributed by atoms with Crippen molar-refractivity contribution >= 4 is 11.9 Å². The van der Waals surface area contributed by atoms with Gasteiger partial charge in [-0.2, -0.15) is 0 Å². The van der Waals surface area contributed by atoms with Gasteiger partial charge in [0.15, 0.2) is 0 Å². The summed E-state index contributed by atoms with van der Waals surface area (Å²) in [5.41, 5.74) is 5.39. The molecule has 0 aromatic rings. The Morgan fingerprint density at radius 1 is 1.26 bits per heavy atom. The second kappa shape index (κ2) is 8.13. The molecule has 4 atom stereocenters. The number of piperidine rings is 1. The van der Waals surface area contributed by atoms with Gasteiger partial charge < -0.3 is 10.5 Å². The summed E-state index contributed by atoms with van der Waals surface area (Å²) in [5, 5.41) is 0. The molecule has 0 bridgehead atoms. The SMILES string of the molecule is CC(C)[C@H]1CC[C@@H](C)C[C@@H]1OC(=O)CN1CCC[C@H](C(N)=O)C1. The van der Waals surface area contributed by atoms with Gasteiger partial charge in [-0.25, -0.2) is 0 Å². The maximum Gasteiger partial charge on any atom is 0.320 e. The van der Waals surface area contributed by atoms with Crippen molar-refractivity contribution in [1.29, 1.82) is 0 Å². The average molecular weight is 324 g/mol. The van der Waals surface area contributed by atoms with Crippen molar-refractivity contribution in [3.8, 4) is 0 Å². The summed E-state index contributed by atoms with van der Waals surface area (Å²) >= 11 is 0. The van der Waals surface area contributed by atoms with Gasteiger partial charge >= 0.3 is 5.97 Å². The number of nitrogens with two attached hydrogens (primary N) is 1. The Morgan fingerprint density at radius 3 is 2.65 bits per heavy atom. The Hall–Kier alpha value is -1.10. The average Bonchev–Trinajstić information content (AvgIpc) is 2.47. The maximum atomic E-state index is 12.4. The first kappa shape index (κ1) is 18.2. The minimum Gasteiger partial charge on any atom is -0.461 e. The van der Waals surface area contributed by atoms with Crippen LogP contribution in [0.1, 0.15) is 52.9 Å². The van der Waals surface area contributed by atoms with E-state index in [1.165, 1.54) is 6.42 Å². The third-order valence-electron chi connectivity index (χ3n) is 5.50. The largest absolute Gasteiger partial charge is 0.461 e. The molecular formula is C18H32N2O3. The van der Waals surface area contributed by atoms with E-state index in [-0.39, 0.29) is 30.4 Å². The molecular weight excluding hydrogens is 292 g/mol. The van der Waals surface area contributed by atoms with E-state index in [9.17, 15) is 9.59 Å². The monoisotopic (exact) mass is 324 g/mol. The Balaban J connectivity index is 1.86. The summed E-state index contributed by atoms with van der Waals surface area (Å²) in [7, 11) is 0. The number of carbonyl (C=O) groups excluding carboxylic acids is 2. The second-order valence-electron chi connectivity index (χ2n) is 7.83. The molecule has 1 aliphatic heterocycles. The number of carbonyl (C=O) groups is 2. The van der Waals surface area contributed by atoms with E-state index < -0.39 is 0 Å². The number of amides is 1. The molecule has 1 amide bonds. The van der Waals surface area contributed by atoms with Gasteiger partial charge in [0.2, 0.25) is 5.91 Å². The van der Waals surface area contributed by atoms with E-state index >= 15 is 0 Å². The molecule has 132 valence electrons. The molecule has 1 aliphatic carbocycles. The zero-order valence-electron chi connectivity index (χ0n) is 14.8. The van der Waals surface area contributed by atoms with Crippen molar-refractivity contribution in [3.05, 3.63) is 0 Å². The Bertz CT molecular complexity index is 424. The fourth-order valence-corrected chi connectivity index (χ4v) is 4.07. The summed E-state index contributed by atoms with van der Waals surface area (Å²) in [5.74, 6) is 1.08. The van der Waals surface area contributed by atoms with Crippen molar-refractivity contribution in [2.24, 2.45) is 29.4 Å². The number of likely N-dealkylation sites (tertiary alicyclic amines) is 1. The Morgan fingerprint density at radius 2 is 2.00 bits per heavy atom. The van der Waals surface area contributed by atoms with Gasteiger partial charge in [0, 0.05) is 6.54 Å². The summed E-state index contributed by atoms with van der Waals surface area (Å²) in [6.45, 7) is 8.36. The number of nitrogens with zero attached hydrogens (tertiary/aromatic N) is 1. The Labute approximate surface area is 139 Å². The van der Waals surface area contributed by atoms with Crippen LogP contribution in [0.4, 0.5) is 0 Å². The first-order valence-corrected chi connectivity index (χ1v) is 9.08. The maximum absolute atomic E-state index is 12.4. The molecule has 2 N–H and O–H groups in total. The predicted molar refractivity (Wildman–Crippen MR) is 89.6 cm³/mol. The first-order chi connectivity index (χ1) is 10.9. The standard InChI is InChI=1S/C18H32N2O3/c1-12(2)15-7-6-13(3)9-16(15)23-17(21)11-20-8-4-5-14(10-20)18(19)22/h12-16H,4-11H2,1-3H3,(H2,19,22)/t13-,14+,15-,16+/m1/s1. The van der Waals surface area contributed by atoms with Gasteiger partial charge in [0.1, 0.15) is 6.10 Å². The van der Waals surface area contributed by atoms with Gasteiger partial charge in [-0.05, 0) is 50.0 Å². The number of ether oxygens (including phenoxy) is 1. The molecule has 1 saturated carbocycles. The predicted octanol–water partition coefficient (Wildman–Crippen LogP) is 2.19. The van der Waals surface area contributed by atoms with Crippen LogP contribution in [0.15, 0.2) is 0 Å². The summed E-state index contributed by atoms with van der Waals surface area (Å²) in [6.07, 6.45) is 5.13. The topological polar surface area (TPSA) is 72.6 Å². The lowest BCUT2D eigenvalue weighted by Gasteiger charge is -2.37. The summed E-state index contributed by atoms with van der Waals surface area (Å²) in [4.78, 5) is 25.7. The number of esters is 1. The number of hydrogen-bond acceptors (Lipinski definition) is 4. The van der Waals surface area contributed by atoms with E-state index in [2.05, 4.69) is 20.8 Å². The fraction of sp³-hybridized carbons (Fsp3) is 0.889. The highest BCUT2D eigenvalue weighted by Gasteiger charge is 2.34.